The fourth-order valence-corrected chi connectivity index (χ4v) is 1.63. The van der Waals surface area contributed by atoms with Gasteiger partial charge in [-0.15, -0.1) is 24.8 Å². The topological polar surface area (TPSA) is 47.3 Å². The van der Waals surface area contributed by atoms with Crippen molar-refractivity contribution in [2.45, 2.75) is 12.5 Å². The van der Waals surface area contributed by atoms with Crippen molar-refractivity contribution < 1.29 is 4.74 Å². The summed E-state index contributed by atoms with van der Waals surface area (Å²) in [5.41, 5.74) is 8.27. The molecule has 5 heteroatoms. The first kappa shape index (κ1) is 14.4. The number of nitrogens with one attached hydrogen (secondary N) is 1. The van der Waals surface area contributed by atoms with Crippen molar-refractivity contribution >= 4 is 30.5 Å². The standard InChI is InChI=1S/C10H14N2O.2ClH/c1-13-9-2-3-10-7(5-9)4-8(11)6-12-10;;/h2-3,5,8,12H,4,6,11H2,1H3;2*1H. The maximum atomic E-state index is 5.84. The Morgan fingerprint density at radius 1 is 1.40 bits per heavy atom. The predicted octanol–water partition coefficient (Wildman–Crippen LogP) is 1.83. The molecule has 1 aliphatic rings. The Morgan fingerprint density at radius 3 is 2.80 bits per heavy atom. The first-order valence-corrected chi connectivity index (χ1v) is 4.46. The molecule has 3 nitrogen and oxygen atoms in total. The summed E-state index contributed by atoms with van der Waals surface area (Å²) in [7, 11) is 1.68. The van der Waals surface area contributed by atoms with Gasteiger partial charge in [-0.05, 0) is 30.2 Å². The minimum absolute atomic E-state index is 0. The van der Waals surface area contributed by atoms with Crippen LogP contribution in [-0.2, 0) is 6.42 Å². The molecule has 1 aliphatic heterocycles. The third-order valence-electron chi connectivity index (χ3n) is 2.35. The largest absolute Gasteiger partial charge is 0.497 e. The second kappa shape index (κ2) is 6.05. The van der Waals surface area contributed by atoms with E-state index in [0.717, 1.165) is 18.7 Å². The number of hydrogen-bond acceptors (Lipinski definition) is 3. The van der Waals surface area contributed by atoms with Gasteiger partial charge in [-0.1, -0.05) is 0 Å². The number of benzene rings is 1. The number of fused-ring (bicyclic) bond motifs is 1. The van der Waals surface area contributed by atoms with Gasteiger partial charge >= 0.3 is 0 Å². The van der Waals surface area contributed by atoms with Crippen LogP contribution in [0.4, 0.5) is 5.69 Å². The van der Waals surface area contributed by atoms with Gasteiger partial charge in [-0.2, -0.15) is 0 Å². The molecule has 1 aromatic carbocycles. The van der Waals surface area contributed by atoms with Gasteiger partial charge in [0.1, 0.15) is 5.75 Å². The zero-order valence-electron chi connectivity index (χ0n) is 8.53. The molecule has 0 spiro atoms. The zero-order valence-corrected chi connectivity index (χ0v) is 10.2. The molecule has 0 aromatic heterocycles. The molecule has 0 aliphatic carbocycles. The molecule has 15 heavy (non-hydrogen) atoms. The quantitative estimate of drug-likeness (QED) is 0.800. The molecule has 0 saturated heterocycles. The molecular weight excluding hydrogens is 235 g/mol. The van der Waals surface area contributed by atoms with E-state index in [1.807, 2.05) is 18.2 Å². The summed E-state index contributed by atoms with van der Waals surface area (Å²) in [4.78, 5) is 0. The molecular formula is C10H16Cl2N2O. The van der Waals surface area contributed by atoms with Crippen molar-refractivity contribution in [1.82, 2.24) is 0 Å². The first-order chi connectivity index (χ1) is 6.29. The Labute approximate surface area is 102 Å². The summed E-state index contributed by atoms with van der Waals surface area (Å²) in [5, 5.41) is 3.28. The minimum atomic E-state index is 0. The number of nitrogens with two attached hydrogens (primary N) is 1. The molecule has 2 rings (SSSR count). The Kier molecular flexibility index (Phi) is 5.80. The van der Waals surface area contributed by atoms with Crippen LogP contribution in [0.2, 0.25) is 0 Å². The smallest absolute Gasteiger partial charge is 0.119 e. The van der Waals surface area contributed by atoms with Crippen LogP contribution in [0.15, 0.2) is 18.2 Å². The van der Waals surface area contributed by atoms with Crippen LogP contribution in [-0.4, -0.2) is 19.7 Å². The van der Waals surface area contributed by atoms with Gasteiger partial charge in [0.15, 0.2) is 0 Å². The Bertz CT molecular complexity index is 320. The normalized spacial score (nSPS) is 17.6. The number of rotatable bonds is 1. The van der Waals surface area contributed by atoms with Crippen LogP contribution < -0.4 is 15.8 Å². The molecule has 1 unspecified atom stereocenters. The molecule has 1 atom stereocenters. The van der Waals surface area contributed by atoms with Crippen LogP contribution in [0, 0.1) is 0 Å². The highest BCUT2D eigenvalue weighted by Gasteiger charge is 2.14. The highest BCUT2D eigenvalue weighted by atomic mass is 35.5. The Morgan fingerprint density at radius 2 is 2.13 bits per heavy atom. The van der Waals surface area contributed by atoms with E-state index >= 15 is 0 Å². The highest BCUT2D eigenvalue weighted by Crippen LogP contribution is 2.25. The molecule has 1 heterocycles. The Balaban J connectivity index is 0.000000980. The summed E-state index contributed by atoms with van der Waals surface area (Å²) < 4.78 is 5.15. The van der Waals surface area contributed by atoms with Crippen LogP contribution in [0.25, 0.3) is 0 Å². The van der Waals surface area contributed by atoms with Crippen molar-refractivity contribution in [2.75, 3.05) is 19.0 Å². The van der Waals surface area contributed by atoms with Crippen molar-refractivity contribution in [2.24, 2.45) is 5.73 Å². The summed E-state index contributed by atoms with van der Waals surface area (Å²) in [6.07, 6.45) is 0.930. The van der Waals surface area contributed by atoms with Gasteiger partial charge in [0.2, 0.25) is 0 Å². The fraction of sp³-hybridized carbons (Fsp3) is 0.400. The molecule has 3 N–H and O–H groups in total. The van der Waals surface area contributed by atoms with Crippen molar-refractivity contribution in [3.8, 4) is 5.75 Å². The lowest BCUT2D eigenvalue weighted by Gasteiger charge is -2.23. The molecule has 0 amide bonds. The average molecular weight is 251 g/mol. The zero-order chi connectivity index (χ0) is 9.26. The number of ether oxygens (including phenoxy) is 1. The summed E-state index contributed by atoms with van der Waals surface area (Å²) in [6.45, 7) is 0.860. The first-order valence-electron chi connectivity index (χ1n) is 4.46. The number of hydrogen-bond donors (Lipinski definition) is 2. The second-order valence-electron chi connectivity index (χ2n) is 3.37. The third kappa shape index (κ3) is 3.16. The van der Waals surface area contributed by atoms with E-state index in [-0.39, 0.29) is 30.9 Å². The van der Waals surface area contributed by atoms with Gasteiger partial charge in [0.05, 0.1) is 7.11 Å². The maximum Gasteiger partial charge on any atom is 0.119 e. The number of halogens is 2. The minimum Gasteiger partial charge on any atom is -0.497 e. The molecule has 86 valence electrons. The fourth-order valence-electron chi connectivity index (χ4n) is 1.63. The van der Waals surface area contributed by atoms with E-state index in [1.54, 1.807) is 7.11 Å². The molecule has 0 fully saturated rings. The van der Waals surface area contributed by atoms with E-state index in [0.29, 0.717) is 0 Å². The van der Waals surface area contributed by atoms with E-state index in [1.165, 1.54) is 11.3 Å². The third-order valence-corrected chi connectivity index (χ3v) is 2.35. The van der Waals surface area contributed by atoms with Crippen LogP contribution in [0.5, 0.6) is 5.75 Å². The van der Waals surface area contributed by atoms with Crippen molar-refractivity contribution in [3.05, 3.63) is 23.8 Å². The van der Waals surface area contributed by atoms with E-state index < -0.39 is 0 Å². The molecule has 1 aromatic rings. The number of anilines is 1. The van der Waals surface area contributed by atoms with E-state index in [2.05, 4.69) is 5.32 Å². The SMILES string of the molecule is COc1ccc2c(c1)CC(N)CN2.Cl.Cl. The van der Waals surface area contributed by atoms with E-state index in [9.17, 15) is 0 Å². The van der Waals surface area contributed by atoms with Gasteiger partial charge in [-0.25, -0.2) is 0 Å². The summed E-state index contributed by atoms with van der Waals surface area (Å²) >= 11 is 0. The van der Waals surface area contributed by atoms with Crippen LogP contribution in [0.3, 0.4) is 0 Å². The van der Waals surface area contributed by atoms with Crippen LogP contribution in [0.1, 0.15) is 5.56 Å². The summed E-state index contributed by atoms with van der Waals surface area (Å²) in [5.74, 6) is 0.898. The van der Waals surface area contributed by atoms with Gasteiger partial charge in [0.25, 0.3) is 0 Å². The Hall–Kier alpha value is -0.640. The lowest BCUT2D eigenvalue weighted by molar-refractivity contribution is 0.414. The molecule has 0 bridgehead atoms. The monoisotopic (exact) mass is 250 g/mol. The maximum absolute atomic E-state index is 5.84. The van der Waals surface area contributed by atoms with Gasteiger partial charge in [0, 0.05) is 18.3 Å². The highest BCUT2D eigenvalue weighted by molar-refractivity contribution is 5.85. The van der Waals surface area contributed by atoms with Crippen LogP contribution >= 0.6 is 24.8 Å². The lowest BCUT2D eigenvalue weighted by Crippen LogP contribution is -2.35. The summed E-state index contributed by atoms with van der Waals surface area (Å²) in [6, 6.07) is 6.27. The van der Waals surface area contributed by atoms with Gasteiger partial charge < -0.3 is 15.8 Å². The van der Waals surface area contributed by atoms with Crippen molar-refractivity contribution in [3.63, 3.8) is 0 Å². The number of methoxy groups -OCH3 is 1. The average Bonchev–Trinajstić information content (AvgIpc) is 2.16. The predicted molar refractivity (Wildman–Crippen MR) is 67.7 cm³/mol. The molecule has 0 saturated carbocycles. The lowest BCUT2D eigenvalue weighted by atomic mass is 10.0. The van der Waals surface area contributed by atoms with Gasteiger partial charge in [-0.3, -0.25) is 0 Å². The van der Waals surface area contributed by atoms with Crippen molar-refractivity contribution in [1.29, 1.82) is 0 Å². The molecule has 0 radical (unpaired) electrons. The second-order valence-corrected chi connectivity index (χ2v) is 3.37. The van der Waals surface area contributed by atoms with E-state index in [4.69, 9.17) is 10.5 Å².